The van der Waals surface area contributed by atoms with E-state index in [1.54, 1.807) is 0 Å². The van der Waals surface area contributed by atoms with Crippen molar-refractivity contribution in [3.8, 4) is 11.5 Å². The van der Waals surface area contributed by atoms with Crippen molar-refractivity contribution in [2.45, 2.75) is 19.3 Å². The van der Waals surface area contributed by atoms with Gasteiger partial charge in [-0.2, -0.15) is 0 Å². The van der Waals surface area contributed by atoms with Crippen LogP contribution in [0.3, 0.4) is 0 Å². The van der Waals surface area contributed by atoms with Crippen molar-refractivity contribution in [3.63, 3.8) is 0 Å². The molecule has 1 aromatic heterocycles. The molecule has 0 aliphatic rings. The van der Waals surface area contributed by atoms with E-state index in [0.29, 0.717) is 5.89 Å². The highest BCUT2D eigenvalue weighted by atomic mass is 16.4. The van der Waals surface area contributed by atoms with Crippen LogP contribution in [-0.4, -0.2) is 4.98 Å². The zero-order chi connectivity index (χ0) is 13.6. The Morgan fingerprint density at radius 1 is 0.800 bits per heavy atom. The molecule has 0 fully saturated rings. The Morgan fingerprint density at radius 2 is 1.50 bits per heavy atom. The average molecular weight is 263 g/mol. The molecular formula is C18H17NO. The van der Waals surface area contributed by atoms with Crippen LogP contribution in [0.4, 0.5) is 0 Å². The fourth-order valence-electron chi connectivity index (χ4n) is 2.25. The van der Waals surface area contributed by atoms with Gasteiger partial charge in [0.05, 0.1) is 6.20 Å². The zero-order valence-corrected chi connectivity index (χ0v) is 11.3. The number of aromatic nitrogens is 1. The molecule has 0 saturated heterocycles. The predicted octanol–water partition coefficient (Wildman–Crippen LogP) is 4.52. The van der Waals surface area contributed by atoms with Crippen LogP contribution in [-0.2, 0) is 12.8 Å². The summed E-state index contributed by atoms with van der Waals surface area (Å²) in [5.41, 5.74) is 2.40. The normalized spacial score (nSPS) is 10.6. The quantitative estimate of drug-likeness (QED) is 0.676. The highest BCUT2D eigenvalue weighted by Crippen LogP contribution is 2.19. The van der Waals surface area contributed by atoms with Gasteiger partial charge in [0, 0.05) is 12.0 Å². The molecule has 2 nitrogen and oxygen atoms in total. The highest BCUT2D eigenvalue weighted by molar-refractivity contribution is 5.52. The molecule has 0 aliphatic carbocycles. The molecule has 0 bridgehead atoms. The van der Waals surface area contributed by atoms with Gasteiger partial charge >= 0.3 is 0 Å². The molecule has 2 heteroatoms. The van der Waals surface area contributed by atoms with Crippen LogP contribution in [0.25, 0.3) is 11.5 Å². The lowest BCUT2D eigenvalue weighted by molar-refractivity contribution is 0.510. The standard InChI is InChI=1S/C18H17NO/c1-3-8-15(9-4-1)10-7-13-17-14-19-18(20-17)16-11-5-2-6-12-16/h1-6,8-9,11-12,14H,7,10,13H2. The van der Waals surface area contributed by atoms with Crippen molar-refractivity contribution in [2.75, 3.05) is 0 Å². The van der Waals surface area contributed by atoms with Gasteiger partial charge in [-0.3, -0.25) is 0 Å². The lowest BCUT2D eigenvalue weighted by Gasteiger charge is -1.99. The molecule has 0 radical (unpaired) electrons. The summed E-state index contributed by atoms with van der Waals surface area (Å²) >= 11 is 0. The van der Waals surface area contributed by atoms with E-state index in [9.17, 15) is 0 Å². The second-order valence-electron chi connectivity index (χ2n) is 4.84. The van der Waals surface area contributed by atoms with Crippen LogP contribution in [0, 0.1) is 0 Å². The van der Waals surface area contributed by atoms with Crippen molar-refractivity contribution >= 4 is 0 Å². The van der Waals surface area contributed by atoms with E-state index < -0.39 is 0 Å². The van der Waals surface area contributed by atoms with E-state index >= 15 is 0 Å². The SMILES string of the molecule is c1ccc(CCCc2cnc(-c3ccccc3)o2)cc1. The van der Waals surface area contributed by atoms with E-state index in [4.69, 9.17) is 4.42 Å². The largest absolute Gasteiger partial charge is 0.441 e. The third-order valence-corrected chi connectivity index (χ3v) is 3.31. The Bertz CT molecular complexity index is 643. The molecule has 0 atom stereocenters. The smallest absolute Gasteiger partial charge is 0.226 e. The maximum atomic E-state index is 5.80. The topological polar surface area (TPSA) is 26.0 Å². The van der Waals surface area contributed by atoms with Gasteiger partial charge in [0.25, 0.3) is 0 Å². The number of hydrogen-bond acceptors (Lipinski definition) is 2. The second-order valence-corrected chi connectivity index (χ2v) is 4.84. The summed E-state index contributed by atoms with van der Waals surface area (Å²) in [5.74, 6) is 1.67. The number of rotatable bonds is 5. The first-order valence-corrected chi connectivity index (χ1v) is 6.96. The van der Waals surface area contributed by atoms with Gasteiger partial charge in [-0.05, 0) is 30.5 Å². The van der Waals surface area contributed by atoms with Crippen molar-refractivity contribution in [2.24, 2.45) is 0 Å². The summed E-state index contributed by atoms with van der Waals surface area (Å²) < 4.78 is 5.80. The first-order valence-electron chi connectivity index (χ1n) is 6.96. The Kier molecular flexibility index (Phi) is 3.93. The molecule has 1 heterocycles. The van der Waals surface area contributed by atoms with E-state index in [2.05, 4.69) is 29.2 Å². The lowest BCUT2D eigenvalue weighted by Crippen LogP contribution is -1.88. The maximum absolute atomic E-state index is 5.80. The molecule has 0 N–H and O–H groups in total. The van der Waals surface area contributed by atoms with Gasteiger partial charge in [-0.1, -0.05) is 48.5 Å². The third-order valence-electron chi connectivity index (χ3n) is 3.31. The molecule has 0 saturated carbocycles. The lowest BCUT2D eigenvalue weighted by atomic mass is 10.1. The molecule has 0 unspecified atom stereocenters. The summed E-state index contributed by atoms with van der Waals surface area (Å²) in [4.78, 5) is 4.35. The molecule has 2 aromatic carbocycles. The summed E-state index contributed by atoms with van der Waals surface area (Å²) in [7, 11) is 0. The van der Waals surface area contributed by atoms with Gasteiger partial charge < -0.3 is 4.42 Å². The molecular weight excluding hydrogens is 246 g/mol. The first kappa shape index (κ1) is 12.7. The zero-order valence-electron chi connectivity index (χ0n) is 11.3. The summed E-state index contributed by atoms with van der Waals surface area (Å²) in [6.07, 6.45) is 4.91. The summed E-state index contributed by atoms with van der Waals surface area (Å²) in [6, 6.07) is 20.5. The number of nitrogens with zero attached hydrogens (tertiary/aromatic N) is 1. The number of oxazole rings is 1. The average Bonchev–Trinajstić information content (AvgIpc) is 2.98. The highest BCUT2D eigenvalue weighted by Gasteiger charge is 2.05. The fraction of sp³-hybridized carbons (Fsp3) is 0.167. The molecule has 3 rings (SSSR count). The van der Waals surface area contributed by atoms with Gasteiger partial charge in [-0.25, -0.2) is 4.98 Å². The van der Waals surface area contributed by atoms with Crippen LogP contribution >= 0.6 is 0 Å². The van der Waals surface area contributed by atoms with Crippen molar-refractivity contribution in [1.29, 1.82) is 0 Å². The van der Waals surface area contributed by atoms with Gasteiger partial charge in [-0.15, -0.1) is 0 Å². The minimum atomic E-state index is 0.709. The first-order chi connectivity index (χ1) is 9.92. The summed E-state index contributed by atoms with van der Waals surface area (Å²) in [5, 5.41) is 0. The van der Waals surface area contributed by atoms with E-state index in [1.807, 2.05) is 42.6 Å². The monoisotopic (exact) mass is 263 g/mol. The molecule has 20 heavy (non-hydrogen) atoms. The third kappa shape index (κ3) is 3.15. The Labute approximate surface area is 119 Å². The van der Waals surface area contributed by atoms with Crippen LogP contribution < -0.4 is 0 Å². The van der Waals surface area contributed by atoms with Crippen molar-refractivity contribution < 1.29 is 4.42 Å². The molecule has 0 spiro atoms. The Hall–Kier alpha value is -2.35. The minimum Gasteiger partial charge on any atom is -0.441 e. The molecule has 3 aromatic rings. The fourth-order valence-corrected chi connectivity index (χ4v) is 2.25. The van der Waals surface area contributed by atoms with Crippen molar-refractivity contribution in [3.05, 3.63) is 78.2 Å². The maximum Gasteiger partial charge on any atom is 0.226 e. The van der Waals surface area contributed by atoms with Gasteiger partial charge in [0.15, 0.2) is 0 Å². The predicted molar refractivity (Wildman–Crippen MR) is 80.4 cm³/mol. The van der Waals surface area contributed by atoms with E-state index in [0.717, 1.165) is 30.6 Å². The summed E-state index contributed by atoms with van der Waals surface area (Å²) in [6.45, 7) is 0. The van der Waals surface area contributed by atoms with Gasteiger partial charge in [0.2, 0.25) is 5.89 Å². The molecule has 0 amide bonds. The van der Waals surface area contributed by atoms with Crippen LogP contribution in [0.1, 0.15) is 17.7 Å². The van der Waals surface area contributed by atoms with Crippen LogP contribution in [0.15, 0.2) is 71.3 Å². The second kappa shape index (κ2) is 6.20. The van der Waals surface area contributed by atoms with Gasteiger partial charge in [0.1, 0.15) is 5.76 Å². The Morgan fingerprint density at radius 3 is 2.25 bits per heavy atom. The Balaban J connectivity index is 1.58. The number of hydrogen-bond donors (Lipinski definition) is 0. The van der Waals surface area contributed by atoms with Crippen LogP contribution in [0.2, 0.25) is 0 Å². The minimum absolute atomic E-state index is 0.709. The van der Waals surface area contributed by atoms with Crippen LogP contribution in [0.5, 0.6) is 0 Å². The molecule has 100 valence electrons. The van der Waals surface area contributed by atoms with E-state index in [-0.39, 0.29) is 0 Å². The number of aryl methyl sites for hydroxylation is 2. The van der Waals surface area contributed by atoms with E-state index in [1.165, 1.54) is 5.56 Å². The molecule has 0 aliphatic heterocycles. The number of benzene rings is 2. The van der Waals surface area contributed by atoms with Crippen molar-refractivity contribution in [1.82, 2.24) is 4.98 Å².